The number of aliphatic carboxylic acids is 1. The third-order valence-electron chi connectivity index (χ3n) is 11.7. The van der Waals surface area contributed by atoms with Crippen LogP contribution < -0.4 is 43.2 Å². The zero-order valence-electron chi connectivity index (χ0n) is 41.5. The molecule has 76 heavy (non-hydrogen) atoms. The molecule has 2 aromatic heterocycles. The average molecular weight is 1270 g/mol. The molecule has 3 atom stereocenters. The quantitative estimate of drug-likeness (QED) is 0.0138. The van der Waals surface area contributed by atoms with Crippen molar-refractivity contribution >= 4 is 96.2 Å². The Morgan fingerprint density at radius 2 is 1.59 bits per heavy atom. The average Bonchev–Trinajstić information content (AvgIpc) is 3.89. The van der Waals surface area contributed by atoms with Crippen molar-refractivity contribution in [1.29, 1.82) is 0 Å². The zero-order chi connectivity index (χ0) is 56.6. The summed E-state index contributed by atoms with van der Waals surface area (Å²) < 4.78 is 63.4. The molecule has 3 aromatic rings. The van der Waals surface area contributed by atoms with Crippen LogP contribution in [0.4, 0.5) is 17.6 Å². The van der Waals surface area contributed by atoms with Gasteiger partial charge in [-0.15, -0.1) is 0 Å². The van der Waals surface area contributed by atoms with Gasteiger partial charge in [-0.3, -0.25) is 33.7 Å². The number of cyclic esters (lactones) is 1. The predicted octanol–water partition coefficient (Wildman–Crippen LogP) is -1.67. The number of amides is 7. The fourth-order valence-corrected chi connectivity index (χ4v) is 9.26. The van der Waals surface area contributed by atoms with Gasteiger partial charge in [-0.1, -0.05) is 6.92 Å². The molecule has 1 aromatic carbocycles. The number of aldehydes is 1. The SMILES string of the molecule is CCC1C(=O)OCc2c1cc1n(c2=O)Cc2c-1nc1cc(F)c(C)c3c1c2CCC3.CNCC(=O)NC([CH2][Pb])C(=O)NCC(=O)NCOC(C(N)=O)C(F)(F)F.CNCC(=O)O.O=CCNC(=O)CN1C(=O)C=CC1=O. The molecule has 7 amide bonds. The summed E-state index contributed by atoms with van der Waals surface area (Å²) in [6.07, 6.45) is -1.86. The summed E-state index contributed by atoms with van der Waals surface area (Å²) in [6, 6.07) is 2.65. The number of fused-ring (bicyclic) bond motifs is 5. The van der Waals surface area contributed by atoms with Gasteiger partial charge < -0.3 is 29.8 Å². The Bertz CT molecular complexity index is 2840. The van der Waals surface area contributed by atoms with Gasteiger partial charge in [0, 0.05) is 29.2 Å². The van der Waals surface area contributed by atoms with Crippen molar-refractivity contribution in [3.63, 3.8) is 0 Å². The Hall–Kier alpha value is -7.06. The fourth-order valence-electron chi connectivity index (χ4n) is 8.14. The Morgan fingerprint density at radius 1 is 0.934 bits per heavy atom. The second-order valence-electron chi connectivity index (χ2n) is 16.8. The molecule has 4 aliphatic rings. The van der Waals surface area contributed by atoms with Gasteiger partial charge in [0.25, 0.3) is 17.4 Å². The number of nitrogens with zero attached hydrogens (tertiary/aromatic N) is 3. The Labute approximate surface area is 446 Å². The molecule has 29 heteroatoms. The van der Waals surface area contributed by atoms with E-state index < -0.39 is 84.8 Å². The van der Waals surface area contributed by atoms with Gasteiger partial charge in [0.2, 0.25) is 5.91 Å². The molecule has 24 nitrogen and oxygen atoms in total. The van der Waals surface area contributed by atoms with Crippen LogP contribution in [0.2, 0.25) is 3.98 Å². The number of hydrogen-bond donors (Lipinski definition) is 8. The molecule has 0 fully saturated rings. The third kappa shape index (κ3) is 15.8. The van der Waals surface area contributed by atoms with Gasteiger partial charge in [0.15, 0.2) is 0 Å². The first kappa shape index (κ1) is 61.5. The minimum Gasteiger partial charge on any atom is -0.480 e. The third-order valence-corrected chi connectivity index (χ3v) is 13.3. The van der Waals surface area contributed by atoms with Crippen molar-refractivity contribution in [1.82, 2.24) is 46.4 Å². The van der Waals surface area contributed by atoms with E-state index in [4.69, 9.17) is 14.8 Å². The van der Waals surface area contributed by atoms with Gasteiger partial charge in [-0.2, -0.15) is 0 Å². The monoisotopic (exact) mass is 1270 g/mol. The normalized spacial score (nSPS) is 15.4. The first-order chi connectivity index (χ1) is 35.9. The zero-order valence-corrected chi connectivity index (χ0v) is 45.4. The molecule has 409 valence electrons. The number of carboxylic acid groups (broad SMARTS) is 1. The molecule has 3 radical (unpaired) electrons. The molecule has 0 bridgehead atoms. The number of likely N-dealkylation sites (N-methyl/N-ethyl adjacent to an activating group) is 2. The van der Waals surface area contributed by atoms with Gasteiger partial charge >= 0.3 is 175 Å². The number of carboxylic acids is 1. The van der Waals surface area contributed by atoms with Crippen LogP contribution in [0, 0.1) is 12.7 Å². The van der Waals surface area contributed by atoms with Crippen LogP contribution in [-0.4, -0.2) is 177 Å². The number of nitrogens with two attached hydrogens (primary N) is 1. The van der Waals surface area contributed by atoms with Crippen LogP contribution in [0.25, 0.3) is 22.3 Å². The molecule has 3 unspecified atom stereocenters. The van der Waals surface area contributed by atoms with Gasteiger partial charge in [0.1, 0.15) is 25.3 Å². The number of nitrogens with one attached hydrogen (secondary N) is 6. The smallest absolute Gasteiger partial charge is 0.480 e. The minimum absolute atomic E-state index is 0.0173. The molecule has 0 saturated carbocycles. The number of aromatic nitrogens is 2. The van der Waals surface area contributed by atoms with Crippen molar-refractivity contribution in [3.8, 4) is 11.4 Å². The fraction of sp³-hybridized carbons (Fsp3) is 0.447. The predicted molar refractivity (Wildman–Crippen MR) is 259 cm³/mol. The van der Waals surface area contributed by atoms with Crippen molar-refractivity contribution in [2.24, 2.45) is 5.73 Å². The number of benzene rings is 1. The van der Waals surface area contributed by atoms with E-state index in [9.17, 15) is 70.3 Å². The van der Waals surface area contributed by atoms with E-state index in [1.807, 2.05) is 25.2 Å². The second kappa shape index (κ2) is 28.2. The number of alkyl halides is 3. The maximum absolute atomic E-state index is 14.6. The number of aryl methyl sites for hydroxylation is 2. The molecular weight excluding hydrogens is 1210 g/mol. The van der Waals surface area contributed by atoms with E-state index in [2.05, 4.69) is 37.1 Å². The first-order valence-corrected chi connectivity index (χ1v) is 26.0. The molecule has 0 spiro atoms. The van der Waals surface area contributed by atoms with Crippen LogP contribution in [0.5, 0.6) is 0 Å². The standard InChI is InChI=1S/C24H21FN2O3.C12H19F3N5O5.C8H8N2O4.C3H7NO2.Pb/c1-3-12-15-7-20-22-16(9-27(20)23(28)17(15)10-30-24(12)29)14-6-4-5-13-11(2)18(25)8-19(26-22)21(13)14;1-6(20-8(22)3-17-2)11(24)18-4-7(21)19-5-25-9(10(16)23)12(13,14)15;11-4-3-9-6(12)5-10-7(13)1-2-8(10)14;1-4-2-3(5)6;/h7-8,12H,3-6,9-10H2,1-2H3;6,9,17H,1,3-5H2,2H3,(H2,16,23)(H,18,24)(H,19,21)(H,20,22);1-2,4H,3,5H2,(H,9,12);4H,2H2,1H3,(H,5,6);. The van der Waals surface area contributed by atoms with E-state index in [0.717, 1.165) is 69.8 Å². The van der Waals surface area contributed by atoms with E-state index in [-0.39, 0.29) is 50.1 Å². The second-order valence-corrected chi connectivity index (χ2v) is 18.4. The number of pyridine rings is 2. The molecule has 5 heterocycles. The van der Waals surface area contributed by atoms with E-state index >= 15 is 0 Å². The van der Waals surface area contributed by atoms with Gasteiger partial charge in [-0.25, -0.2) is 9.37 Å². The number of rotatable bonds is 18. The topological polar surface area (TPSA) is 346 Å². The summed E-state index contributed by atoms with van der Waals surface area (Å²) in [4.78, 5) is 129. The number of carbonyl (C=O) groups is 10. The van der Waals surface area contributed by atoms with Crippen molar-refractivity contribution < 1.29 is 80.1 Å². The molecule has 3 aliphatic heterocycles. The van der Waals surface area contributed by atoms with E-state index in [1.165, 1.54) is 11.6 Å². The molecule has 7 rings (SSSR count). The number of hydrogen-bond acceptors (Lipinski definition) is 16. The van der Waals surface area contributed by atoms with Gasteiger partial charge in [0.05, 0.1) is 48.0 Å². The van der Waals surface area contributed by atoms with Crippen LogP contribution in [-0.2, 0) is 83.4 Å². The van der Waals surface area contributed by atoms with Crippen molar-refractivity contribution in [2.45, 2.75) is 80.9 Å². The Morgan fingerprint density at radius 3 is 2.16 bits per heavy atom. The van der Waals surface area contributed by atoms with E-state index in [1.54, 1.807) is 18.7 Å². The summed E-state index contributed by atoms with van der Waals surface area (Å²) in [5, 5.41) is 22.9. The van der Waals surface area contributed by atoms with Crippen molar-refractivity contribution in [2.75, 3.05) is 53.5 Å². The minimum atomic E-state index is -5.01. The summed E-state index contributed by atoms with van der Waals surface area (Å²) in [5.74, 6) is -6.93. The number of imide groups is 1. The number of esters is 1. The summed E-state index contributed by atoms with van der Waals surface area (Å²) in [5.41, 5.74) is 11.9. The molecular formula is C47H55F4N10O14Pb. The number of halogens is 4. The molecule has 1 aliphatic carbocycles. The Kier molecular flexibility index (Phi) is 22.8. The van der Waals surface area contributed by atoms with Crippen LogP contribution in [0.1, 0.15) is 59.1 Å². The first-order valence-electron chi connectivity index (χ1n) is 23.2. The molecule has 0 saturated heterocycles. The number of primary amides is 1. The maximum atomic E-state index is 14.6. The van der Waals surface area contributed by atoms with Crippen LogP contribution >= 0.6 is 0 Å². The Balaban J connectivity index is 0.000000246. The number of carbonyl (C=O) groups excluding carboxylic acids is 9. The summed E-state index contributed by atoms with van der Waals surface area (Å²) in [7, 11) is 3.15. The summed E-state index contributed by atoms with van der Waals surface area (Å²) >= 11 is 0.609. The number of ether oxygens (including phenoxy) is 2. The van der Waals surface area contributed by atoms with Crippen molar-refractivity contribution in [3.05, 3.63) is 73.8 Å². The van der Waals surface area contributed by atoms with Gasteiger partial charge in [-0.05, 0) is 68.0 Å². The van der Waals surface area contributed by atoms with Crippen LogP contribution in [0.3, 0.4) is 0 Å². The van der Waals surface area contributed by atoms with Crippen LogP contribution in [0.15, 0.2) is 29.1 Å². The van der Waals surface area contributed by atoms with E-state index in [0.29, 0.717) is 65.6 Å². The summed E-state index contributed by atoms with van der Waals surface area (Å²) in [6.45, 7) is 2.36. The molecule has 9 N–H and O–H groups in total.